The van der Waals surface area contributed by atoms with Crippen molar-refractivity contribution >= 4 is 17.6 Å². The van der Waals surface area contributed by atoms with Crippen LogP contribution in [0.4, 0.5) is 5.69 Å². The number of nitrogens with one attached hydrogen (secondary N) is 1. The molecule has 0 radical (unpaired) electrons. The van der Waals surface area contributed by atoms with E-state index in [0.717, 1.165) is 19.3 Å². The highest BCUT2D eigenvalue weighted by Gasteiger charge is 2.26. The van der Waals surface area contributed by atoms with E-state index in [0.29, 0.717) is 0 Å². The quantitative estimate of drug-likeness (QED) is 0.697. The summed E-state index contributed by atoms with van der Waals surface area (Å²) >= 11 is 0. The molecule has 90 valence electrons. The molecule has 2 rings (SSSR count). The van der Waals surface area contributed by atoms with Crippen LogP contribution >= 0.6 is 0 Å². The smallest absolute Gasteiger partial charge is 0.339 e. The molecule has 1 aliphatic rings. The van der Waals surface area contributed by atoms with Crippen molar-refractivity contribution < 1.29 is 19.8 Å². The normalized spacial score (nSPS) is 15.1. The van der Waals surface area contributed by atoms with E-state index in [1.165, 1.54) is 18.2 Å². The number of phenols is 1. The lowest BCUT2D eigenvalue weighted by Crippen LogP contribution is -2.28. The van der Waals surface area contributed by atoms with Crippen LogP contribution in [-0.4, -0.2) is 22.1 Å². The Hall–Kier alpha value is -2.04. The molecule has 0 spiro atoms. The molecule has 1 aliphatic carbocycles. The van der Waals surface area contributed by atoms with E-state index < -0.39 is 11.7 Å². The van der Waals surface area contributed by atoms with Gasteiger partial charge in [-0.2, -0.15) is 0 Å². The van der Waals surface area contributed by atoms with Gasteiger partial charge < -0.3 is 15.5 Å². The van der Waals surface area contributed by atoms with Gasteiger partial charge in [-0.15, -0.1) is 0 Å². The standard InChI is InChI=1S/C12H13NO4/c14-10-8(12(16)17)5-2-6-9(10)13-11(15)7-3-1-4-7/h2,5-7,14H,1,3-4H2,(H,13,15)(H,16,17). The Labute approximate surface area is 98.1 Å². The maximum Gasteiger partial charge on any atom is 0.339 e. The third-order valence-corrected chi connectivity index (χ3v) is 3.00. The predicted molar refractivity (Wildman–Crippen MR) is 61.0 cm³/mol. The summed E-state index contributed by atoms with van der Waals surface area (Å²) in [5.41, 5.74) is -0.0572. The number of aromatic hydroxyl groups is 1. The number of carboxylic acid groups (broad SMARTS) is 1. The number of carboxylic acids is 1. The molecule has 1 saturated carbocycles. The van der Waals surface area contributed by atoms with Crippen LogP contribution in [-0.2, 0) is 4.79 Å². The van der Waals surface area contributed by atoms with Crippen LogP contribution in [0.2, 0.25) is 0 Å². The van der Waals surface area contributed by atoms with E-state index in [9.17, 15) is 14.7 Å². The first kappa shape index (κ1) is 11.4. The molecule has 0 aliphatic heterocycles. The summed E-state index contributed by atoms with van der Waals surface area (Å²) in [7, 11) is 0. The van der Waals surface area contributed by atoms with E-state index in [1.54, 1.807) is 0 Å². The number of amides is 1. The Morgan fingerprint density at radius 1 is 1.29 bits per heavy atom. The van der Waals surface area contributed by atoms with Gasteiger partial charge in [0.15, 0.2) is 5.75 Å². The lowest BCUT2D eigenvalue weighted by Gasteiger charge is -2.24. The summed E-state index contributed by atoms with van der Waals surface area (Å²) in [5, 5.41) is 21.1. The summed E-state index contributed by atoms with van der Waals surface area (Å²) in [6.45, 7) is 0. The largest absolute Gasteiger partial charge is 0.505 e. The molecular formula is C12H13NO4. The van der Waals surface area contributed by atoms with Gasteiger partial charge in [0, 0.05) is 5.92 Å². The number of para-hydroxylation sites is 1. The van der Waals surface area contributed by atoms with Crippen molar-refractivity contribution in [3.05, 3.63) is 23.8 Å². The molecular weight excluding hydrogens is 222 g/mol. The highest BCUT2D eigenvalue weighted by atomic mass is 16.4. The molecule has 5 nitrogen and oxygen atoms in total. The summed E-state index contributed by atoms with van der Waals surface area (Å²) < 4.78 is 0. The highest BCUT2D eigenvalue weighted by Crippen LogP contribution is 2.31. The molecule has 17 heavy (non-hydrogen) atoms. The van der Waals surface area contributed by atoms with E-state index in [4.69, 9.17) is 5.11 Å². The van der Waals surface area contributed by atoms with Gasteiger partial charge in [0.1, 0.15) is 5.56 Å². The van der Waals surface area contributed by atoms with Crippen LogP contribution in [0.1, 0.15) is 29.6 Å². The molecule has 3 N–H and O–H groups in total. The van der Waals surface area contributed by atoms with Gasteiger partial charge in [0.25, 0.3) is 0 Å². The Kier molecular flexibility index (Phi) is 2.99. The molecule has 0 unspecified atom stereocenters. The first-order chi connectivity index (χ1) is 8.09. The number of carbonyl (C=O) groups is 2. The van der Waals surface area contributed by atoms with Crippen LogP contribution < -0.4 is 5.32 Å². The van der Waals surface area contributed by atoms with Crippen LogP contribution in [0.15, 0.2) is 18.2 Å². The van der Waals surface area contributed by atoms with Crippen molar-refractivity contribution in [3.63, 3.8) is 0 Å². The van der Waals surface area contributed by atoms with Crippen molar-refractivity contribution in [2.45, 2.75) is 19.3 Å². The predicted octanol–water partition coefficient (Wildman–Crippen LogP) is 1.83. The van der Waals surface area contributed by atoms with Gasteiger partial charge in [-0.25, -0.2) is 4.79 Å². The summed E-state index contributed by atoms with van der Waals surface area (Å²) in [6, 6.07) is 4.26. The van der Waals surface area contributed by atoms with Gasteiger partial charge in [0.2, 0.25) is 5.91 Å². The lowest BCUT2D eigenvalue weighted by atomic mass is 9.85. The number of hydrogen-bond acceptors (Lipinski definition) is 3. The Morgan fingerprint density at radius 3 is 2.53 bits per heavy atom. The number of anilines is 1. The van der Waals surface area contributed by atoms with E-state index >= 15 is 0 Å². The van der Waals surface area contributed by atoms with Crippen molar-refractivity contribution in [2.24, 2.45) is 5.92 Å². The summed E-state index contributed by atoms with van der Waals surface area (Å²) in [4.78, 5) is 22.4. The highest BCUT2D eigenvalue weighted by molar-refractivity contribution is 5.98. The fraction of sp³-hybridized carbons (Fsp3) is 0.333. The molecule has 0 saturated heterocycles. The van der Waals surface area contributed by atoms with Gasteiger partial charge >= 0.3 is 5.97 Å². The van der Waals surface area contributed by atoms with Crippen LogP contribution in [0, 0.1) is 5.92 Å². The number of benzene rings is 1. The number of carbonyl (C=O) groups excluding carboxylic acids is 1. The second-order valence-corrected chi connectivity index (χ2v) is 4.12. The van der Waals surface area contributed by atoms with E-state index in [-0.39, 0.29) is 23.1 Å². The van der Waals surface area contributed by atoms with Crippen LogP contribution in [0.5, 0.6) is 5.75 Å². The van der Waals surface area contributed by atoms with Gasteiger partial charge in [0.05, 0.1) is 5.69 Å². The lowest BCUT2D eigenvalue weighted by molar-refractivity contribution is -0.122. The van der Waals surface area contributed by atoms with Crippen molar-refractivity contribution in [2.75, 3.05) is 5.32 Å². The first-order valence-electron chi connectivity index (χ1n) is 5.45. The average Bonchev–Trinajstić information content (AvgIpc) is 2.18. The Bertz CT molecular complexity index is 466. The third-order valence-electron chi connectivity index (χ3n) is 3.00. The molecule has 0 heterocycles. The molecule has 0 atom stereocenters. The summed E-state index contributed by atoms with van der Waals surface area (Å²) in [5.74, 6) is -1.79. The zero-order chi connectivity index (χ0) is 12.4. The Morgan fingerprint density at radius 2 is 2.00 bits per heavy atom. The van der Waals surface area contributed by atoms with Crippen molar-refractivity contribution in [3.8, 4) is 5.75 Å². The molecule has 1 fully saturated rings. The number of rotatable bonds is 3. The fourth-order valence-electron chi connectivity index (χ4n) is 1.72. The van der Waals surface area contributed by atoms with Crippen molar-refractivity contribution in [1.29, 1.82) is 0 Å². The first-order valence-corrected chi connectivity index (χ1v) is 5.45. The fourth-order valence-corrected chi connectivity index (χ4v) is 1.72. The van der Waals surface area contributed by atoms with Crippen LogP contribution in [0.3, 0.4) is 0 Å². The molecule has 1 amide bonds. The maximum absolute atomic E-state index is 11.7. The number of aromatic carboxylic acids is 1. The maximum atomic E-state index is 11.7. The molecule has 5 heteroatoms. The zero-order valence-corrected chi connectivity index (χ0v) is 9.14. The second kappa shape index (κ2) is 4.45. The number of hydrogen-bond donors (Lipinski definition) is 3. The minimum absolute atomic E-state index is 0.0112. The monoisotopic (exact) mass is 235 g/mol. The van der Waals surface area contributed by atoms with Gasteiger partial charge in [-0.3, -0.25) is 4.79 Å². The third kappa shape index (κ3) is 2.22. The Balaban J connectivity index is 2.18. The minimum Gasteiger partial charge on any atom is -0.505 e. The molecule has 0 aromatic heterocycles. The zero-order valence-electron chi connectivity index (χ0n) is 9.14. The topological polar surface area (TPSA) is 86.6 Å². The minimum atomic E-state index is -1.22. The summed E-state index contributed by atoms with van der Waals surface area (Å²) in [6.07, 6.45) is 2.75. The molecule has 1 aromatic carbocycles. The second-order valence-electron chi connectivity index (χ2n) is 4.12. The van der Waals surface area contributed by atoms with Crippen LogP contribution in [0.25, 0.3) is 0 Å². The molecule has 1 aromatic rings. The SMILES string of the molecule is O=C(O)c1cccc(NC(=O)C2CCC2)c1O. The van der Waals surface area contributed by atoms with E-state index in [2.05, 4.69) is 5.32 Å². The van der Waals surface area contributed by atoms with Gasteiger partial charge in [-0.05, 0) is 25.0 Å². The van der Waals surface area contributed by atoms with E-state index in [1.807, 2.05) is 0 Å². The van der Waals surface area contributed by atoms with Gasteiger partial charge in [-0.1, -0.05) is 12.5 Å². The molecule has 0 bridgehead atoms. The van der Waals surface area contributed by atoms with Crippen molar-refractivity contribution in [1.82, 2.24) is 0 Å². The average molecular weight is 235 g/mol.